The minimum Gasteiger partial charge on any atom is -0.491 e. The van der Waals surface area contributed by atoms with E-state index in [2.05, 4.69) is 21.2 Å². The van der Waals surface area contributed by atoms with Gasteiger partial charge >= 0.3 is 0 Å². The van der Waals surface area contributed by atoms with Crippen molar-refractivity contribution >= 4 is 21.8 Å². The fourth-order valence-electron chi connectivity index (χ4n) is 2.60. The van der Waals surface area contributed by atoms with Gasteiger partial charge in [-0.1, -0.05) is 28.1 Å². The van der Waals surface area contributed by atoms with Crippen molar-refractivity contribution in [1.29, 1.82) is 0 Å². The molecule has 2 aromatic rings. The number of hydrogen-bond acceptors (Lipinski definition) is 3. The fraction of sp³-hybridized carbons (Fsp3) is 0.381. The molecule has 1 unspecified atom stereocenters. The van der Waals surface area contributed by atoms with Gasteiger partial charge in [0.2, 0.25) is 0 Å². The summed E-state index contributed by atoms with van der Waals surface area (Å²) in [6.07, 6.45) is -0.429. The summed E-state index contributed by atoms with van der Waals surface area (Å²) in [6.45, 7) is 10.1. The lowest BCUT2D eigenvalue weighted by Gasteiger charge is -2.18. The van der Waals surface area contributed by atoms with Gasteiger partial charge in [0, 0.05) is 11.0 Å². The second-order valence-corrected chi connectivity index (χ2v) is 7.57. The van der Waals surface area contributed by atoms with E-state index in [1.54, 1.807) is 6.92 Å². The molecule has 2 aromatic carbocycles. The van der Waals surface area contributed by atoms with E-state index in [0.717, 1.165) is 32.7 Å². The molecule has 26 heavy (non-hydrogen) atoms. The molecule has 0 heterocycles. The Labute approximate surface area is 164 Å². The van der Waals surface area contributed by atoms with E-state index in [4.69, 9.17) is 9.47 Å². The van der Waals surface area contributed by atoms with Crippen LogP contribution in [0.5, 0.6) is 11.5 Å². The predicted molar refractivity (Wildman–Crippen MR) is 108 cm³/mol. The Morgan fingerprint density at radius 3 is 2.15 bits per heavy atom. The van der Waals surface area contributed by atoms with Crippen LogP contribution in [0.4, 0.5) is 0 Å². The number of nitrogens with one attached hydrogen (secondary N) is 1. The summed E-state index contributed by atoms with van der Waals surface area (Å²) < 4.78 is 12.5. The third-order valence-corrected chi connectivity index (χ3v) is 4.31. The summed E-state index contributed by atoms with van der Waals surface area (Å²) in [5.41, 5.74) is 3.01. The second-order valence-electron chi connectivity index (χ2n) is 6.66. The molecule has 5 heteroatoms. The minimum absolute atomic E-state index is 0.143. The predicted octanol–water partition coefficient (Wildman–Crippen LogP) is 4.94. The average molecular weight is 420 g/mol. The molecule has 0 fully saturated rings. The zero-order chi connectivity index (χ0) is 19.3. The molecule has 0 saturated carbocycles. The largest absolute Gasteiger partial charge is 0.491 e. The van der Waals surface area contributed by atoms with Crippen LogP contribution >= 0.6 is 15.9 Å². The van der Waals surface area contributed by atoms with Gasteiger partial charge in [0.1, 0.15) is 11.5 Å². The standard InChI is InChI=1S/C21H26BrNO3/c1-13(2)25-19-8-6-17(7-9-19)12-23-21(24)16(5)26-20-14(3)10-18(22)11-15(20)4/h6-11,13,16H,12H2,1-5H3,(H,23,24). The molecule has 0 spiro atoms. The first kappa shape index (κ1) is 20.3. The number of ether oxygens (including phenoxy) is 2. The van der Waals surface area contributed by atoms with Gasteiger partial charge in [0.05, 0.1) is 6.10 Å². The number of aryl methyl sites for hydroxylation is 2. The van der Waals surface area contributed by atoms with E-state index in [0.29, 0.717) is 6.54 Å². The quantitative estimate of drug-likeness (QED) is 0.691. The van der Waals surface area contributed by atoms with Crippen molar-refractivity contribution in [2.24, 2.45) is 0 Å². The molecule has 1 amide bonds. The highest BCUT2D eigenvalue weighted by atomic mass is 79.9. The van der Waals surface area contributed by atoms with Gasteiger partial charge in [-0.05, 0) is 75.6 Å². The summed E-state index contributed by atoms with van der Waals surface area (Å²) >= 11 is 3.47. The highest BCUT2D eigenvalue weighted by Crippen LogP contribution is 2.28. The minimum atomic E-state index is -0.572. The van der Waals surface area contributed by atoms with Gasteiger partial charge in [0.15, 0.2) is 6.10 Å². The van der Waals surface area contributed by atoms with Crippen molar-refractivity contribution in [2.75, 3.05) is 0 Å². The van der Waals surface area contributed by atoms with Crippen molar-refractivity contribution in [3.8, 4) is 11.5 Å². The van der Waals surface area contributed by atoms with E-state index in [9.17, 15) is 4.79 Å². The number of hydrogen-bond donors (Lipinski definition) is 1. The summed E-state index contributed by atoms with van der Waals surface area (Å²) in [4.78, 5) is 12.4. The molecule has 0 aliphatic carbocycles. The highest BCUT2D eigenvalue weighted by molar-refractivity contribution is 9.10. The summed E-state index contributed by atoms with van der Waals surface area (Å²) in [6, 6.07) is 11.7. The van der Waals surface area contributed by atoms with Crippen LogP contribution in [-0.4, -0.2) is 18.1 Å². The van der Waals surface area contributed by atoms with Crippen molar-refractivity contribution in [3.05, 3.63) is 57.6 Å². The third-order valence-electron chi connectivity index (χ3n) is 3.85. The average Bonchev–Trinajstić information content (AvgIpc) is 2.56. The molecule has 1 atom stereocenters. The molecule has 0 bridgehead atoms. The Bertz CT molecular complexity index is 733. The monoisotopic (exact) mass is 419 g/mol. The van der Waals surface area contributed by atoms with Crippen LogP contribution < -0.4 is 14.8 Å². The van der Waals surface area contributed by atoms with Crippen molar-refractivity contribution in [3.63, 3.8) is 0 Å². The van der Waals surface area contributed by atoms with E-state index in [-0.39, 0.29) is 12.0 Å². The van der Waals surface area contributed by atoms with Gasteiger partial charge in [-0.15, -0.1) is 0 Å². The lowest BCUT2D eigenvalue weighted by Crippen LogP contribution is -2.36. The maximum Gasteiger partial charge on any atom is 0.261 e. The first-order valence-corrected chi connectivity index (χ1v) is 9.52. The molecule has 0 saturated heterocycles. The van der Waals surface area contributed by atoms with Crippen LogP contribution in [0, 0.1) is 13.8 Å². The Hall–Kier alpha value is -2.01. The Morgan fingerprint density at radius 2 is 1.62 bits per heavy atom. The molecular weight excluding hydrogens is 394 g/mol. The SMILES string of the molecule is Cc1cc(Br)cc(C)c1OC(C)C(=O)NCc1ccc(OC(C)C)cc1. The van der Waals surface area contributed by atoms with Crippen LogP contribution in [0.15, 0.2) is 40.9 Å². The molecule has 2 rings (SSSR count). The van der Waals surface area contributed by atoms with E-state index in [1.165, 1.54) is 0 Å². The summed E-state index contributed by atoms with van der Waals surface area (Å²) in [5.74, 6) is 1.44. The number of benzene rings is 2. The second kappa shape index (κ2) is 9.08. The Kier molecular flexibility index (Phi) is 7.09. The molecule has 0 aliphatic heterocycles. The first-order chi connectivity index (χ1) is 12.3. The third kappa shape index (κ3) is 5.77. The van der Waals surface area contributed by atoms with Crippen LogP contribution in [0.25, 0.3) is 0 Å². The van der Waals surface area contributed by atoms with Crippen LogP contribution in [0.1, 0.15) is 37.5 Å². The molecule has 140 valence electrons. The summed E-state index contributed by atoms with van der Waals surface area (Å²) in [7, 11) is 0. The van der Waals surface area contributed by atoms with Crippen molar-refractivity contribution < 1.29 is 14.3 Å². The van der Waals surface area contributed by atoms with Crippen LogP contribution in [-0.2, 0) is 11.3 Å². The Balaban J connectivity index is 1.91. The van der Waals surface area contributed by atoms with Crippen molar-refractivity contribution in [2.45, 2.75) is 53.4 Å². The topological polar surface area (TPSA) is 47.6 Å². The fourth-order valence-corrected chi connectivity index (χ4v) is 3.29. The smallest absolute Gasteiger partial charge is 0.261 e. The molecular formula is C21H26BrNO3. The summed E-state index contributed by atoms with van der Waals surface area (Å²) in [5, 5.41) is 2.92. The maximum atomic E-state index is 12.4. The van der Waals surface area contributed by atoms with Gasteiger partial charge in [-0.25, -0.2) is 0 Å². The van der Waals surface area contributed by atoms with Gasteiger partial charge in [-0.3, -0.25) is 4.79 Å². The van der Waals surface area contributed by atoms with E-state index < -0.39 is 6.10 Å². The van der Waals surface area contributed by atoms with Crippen molar-refractivity contribution in [1.82, 2.24) is 5.32 Å². The zero-order valence-electron chi connectivity index (χ0n) is 15.9. The van der Waals surface area contributed by atoms with Crippen LogP contribution in [0.3, 0.4) is 0 Å². The number of carbonyl (C=O) groups excluding carboxylic acids is 1. The van der Waals surface area contributed by atoms with Gasteiger partial charge < -0.3 is 14.8 Å². The highest BCUT2D eigenvalue weighted by Gasteiger charge is 2.17. The van der Waals surface area contributed by atoms with E-state index >= 15 is 0 Å². The molecule has 0 aromatic heterocycles. The molecule has 0 aliphatic rings. The normalized spacial score (nSPS) is 12.0. The number of halogens is 1. The molecule has 1 N–H and O–H groups in total. The Morgan fingerprint density at radius 1 is 1.04 bits per heavy atom. The number of rotatable bonds is 7. The lowest BCUT2D eigenvalue weighted by molar-refractivity contribution is -0.127. The molecule has 4 nitrogen and oxygen atoms in total. The van der Waals surface area contributed by atoms with E-state index in [1.807, 2.05) is 64.1 Å². The molecule has 0 radical (unpaired) electrons. The lowest BCUT2D eigenvalue weighted by atomic mass is 10.1. The van der Waals surface area contributed by atoms with Gasteiger partial charge in [0.25, 0.3) is 5.91 Å². The first-order valence-electron chi connectivity index (χ1n) is 8.73. The number of carbonyl (C=O) groups is 1. The number of amides is 1. The maximum absolute atomic E-state index is 12.4. The van der Waals surface area contributed by atoms with Gasteiger partial charge in [-0.2, -0.15) is 0 Å². The zero-order valence-corrected chi connectivity index (χ0v) is 17.5. The van der Waals surface area contributed by atoms with Crippen LogP contribution in [0.2, 0.25) is 0 Å².